The molecule has 2 rings (SSSR count). The molecule has 1 aliphatic rings. The predicted molar refractivity (Wildman–Crippen MR) is 49.9 cm³/mol. The monoisotopic (exact) mass is 188 g/mol. The van der Waals surface area contributed by atoms with Crippen LogP contribution < -0.4 is 0 Å². The summed E-state index contributed by atoms with van der Waals surface area (Å²) >= 11 is 0. The average molecular weight is 188 g/mol. The molecule has 1 aromatic rings. The zero-order valence-electron chi connectivity index (χ0n) is 7.63. The van der Waals surface area contributed by atoms with Crippen LogP contribution in [0.15, 0.2) is 30.5 Å². The van der Waals surface area contributed by atoms with Gasteiger partial charge in [-0.3, -0.25) is 4.98 Å². The Bertz CT molecular complexity index is 423. The third-order valence-electron chi connectivity index (χ3n) is 2.53. The van der Waals surface area contributed by atoms with Crippen LogP contribution >= 0.6 is 0 Å². The lowest BCUT2D eigenvalue weighted by molar-refractivity contribution is 0.398. The van der Waals surface area contributed by atoms with Crippen molar-refractivity contribution in [2.75, 3.05) is 0 Å². The molecule has 0 aliphatic heterocycles. The number of hydrogen-bond acceptors (Lipinski definition) is 2. The Morgan fingerprint density at radius 1 is 1.57 bits per heavy atom. The van der Waals surface area contributed by atoms with E-state index in [9.17, 15) is 4.39 Å². The summed E-state index contributed by atoms with van der Waals surface area (Å²) in [6.45, 7) is 3.76. The lowest BCUT2D eigenvalue weighted by atomic mass is 9.65. The molecule has 0 saturated heterocycles. The molecule has 1 heterocycles. The highest BCUT2D eigenvalue weighted by Crippen LogP contribution is 2.45. The first kappa shape index (κ1) is 8.89. The van der Waals surface area contributed by atoms with Gasteiger partial charge in [0.15, 0.2) is 0 Å². The molecule has 0 unspecified atom stereocenters. The number of aromatic nitrogens is 1. The maximum Gasteiger partial charge on any atom is 0.146 e. The normalized spacial score (nSPS) is 18.4. The summed E-state index contributed by atoms with van der Waals surface area (Å²) in [5.41, 5.74) is 0.481. The van der Waals surface area contributed by atoms with Gasteiger partial charge >= 0.3 is 0 Å². The van der Waals surface area contributed by atoms with Crippen molar-refractivity contribution in [1.29, 1.82) is 5.26 Å². The molecule has 1 aromatic heterocycles. The quantitative estimate of drug-likeness (QED) is 0.634. The summed E-state index contributed by atoms with van der Waals surface area (Å²) in [6, 6.07) is 5.00. The SMILES string of the molecule is C=C1CC(C#N)(c2ncccc2F)C1. The van der Waals surface area contributed by atoms with Crippen molar-refractivity contribution in [3.8, 4) is 6.07 Å². The van der Waals surface area contributed by atoms with E-state index in [-0.39, 0.29) is 5.69 Å². The van der Waals surface area contributed by atoms with Crippen molar-refractivity contribution in [3.05, 3.63) is 42.0 Å². The molecule has 2 nitrogen and oxygen atoms in total. The van der Waals surface area contributed by atoms with Gasteiger partial charge in [0.05, 0.1) is 11.8 Å². The first-order chi connectivity index (χ1) is 6.68. The van der Waals surface area contributed by atoms with Gasteiger partial charge in [0.25, 0.3) is 0 Å². The minimum Gasteiger partial charge on any atom is -0.257 e. The maximum absolute atomic E-state index is 13.4. The highest BCUT2D eigenvalue weighted by atomic mass is 19.1. The van der Waals surface area contributed by atoms with Crippen LogP contribution in [-0.4, -0.2) is 4.98 Å². The second-order valence-electron chi connectivity index (χ2n) is 3.63. The molecular weight excluding hydrogens is 179 g/mol. The van der Waals surface area contributed by atoms with E-state index in [2.05, 4.69) is 17.6 Å². The van der Waals surface area contributed by atoms with Crippen molar-refractivity contribution in [2.24, 2.45) is 0 Å². The fraction of sp³-hybridized carbons (Fsp3) is 0.273. The molecule has 1 saturated carbocycles. The maximum atomic E-state index is 13.4. The summed E-state index contributed by atoms with van der Waals surface area (Å²) < 4.78 is 13.4. The van der Waals surface area contributed by atoms with Crippen LogP contribution in [0.5, 0.6) is 0 Å². The second-order valence-corrected chi connectivity index (χ2v) is 3.63. The first-order valence-corrected chi connectivity index (χ1v) is 4.37. The van der Waals surface area contributed by atoms with E-state index in [1.807, 2.05) is 0 Å². The van der Waals surface area contributed by atoms with E-state index < -0.39 is 11.2 Å². The van der Waals surface area contributed by atoms with Crippen molar-refractivity contribution >= 4 is 0 Å². The van der Waals surface area contributed by atoms with Gasteiger partial charge in [-0.1, -0.05) is 12.2 Å². The third-order valence-corrected chi connectivity index (χ3v) is 2.53. The van der Waals surface area contributed by atoms with Gasteiger partial charge in [0.2, 0.25) is 0 Å². The van der Waals surface area contributed by atoms with E-state index in [1.54, 1.807) is 0 Å². The highest BCUT2D eigenvalue weighted by molar-refractivity contribution is 5.39. The molecule has 0 amide bonds. The number of rotatable bonds is 1. The summed E-state index contributed by atoms with van der Waals surface area (Å²) in [6.07, 6.45) is 2.56. The number of nitrogens with zero attached hydrogens (tertiary/aromatic N) is 2. The molecule has 14 heavy (non-hydrogen) atoms. The Hall–Kier alpha value is -1.69. The number of hydrogen-bond donors (Lipinski definition) is 0. The average Bonchev–Trinajstić information content (AvgIpc) is 2.14. The Labute approximate surface area is 81.7 Å². The second kappa shape index (κ2) is 2.91. The molecule has 0 aromatic carbocycles. The van der Waals surface area contributed by atoms with Crippen LogP contribution in [0.4, 0.5) is 4.39 Å². The zero-order valence-corrected chi connectivity index (χ0v) is 7.63. The topological polar surface area (TPSA) is 36.7 Å². The number of pyridine rings is 1. The highest BCUT2D eigenvalue weighted by Gasteiger charge is 2.44. The molecule has 1 fully saturated rings. The van der Waals surface area contributed by atoms with Crippen molar-refractivity contribution < 1.29 is 4.39 Å². The van der Waals surface area contributed by atoms with Crippen LogP contribution in [0.2, 0.25) is 0 Å². The van der Waals surface area contributed by atoms with Gasteiger partial charge < -0.3 is 0 Å². The van der Waals surface area contributed by atoms with E-state index >= 15 is 0 Å². The van der Waals surface area contributed by atoms with Crippen LogP contribution in [0, 0.1) is 17.1 Å². The molecule has 3 heteroatoms. The van der Waals surface area contributed by atoms with Gasteiger partial charge in [-0.15, -0.1) is 0 Å². The van der Waals surface area contributed by atoms with E-state index in [0.29, 0.717) is 12.8 Å². The van der Waals surface area contributed by atoms with Gasteiger partial charge in [0.1, 0.15) is 11.2 Å². The first-order valence-electron chi connectivity index (χ1n) is 4.37. The summed E-state index contributed by atoms with van der Waals surface area (Å²) in [5.74, 6) is -0.401. The third kappa shape index (κ3) is 1.12. The van der Waals surface area contributed by atoms with Crippen molar-refractivity contribution in [3.63, 3.8) is 0 Å². The molecule has 0 bridgehead atoms. The molecular formula is C11H9FN2. The fourth-order valence-corrected chi connectivity index (χ4v) is 1.84. The molecule has 0 atom stereocenters. The minimum absolute atomic E-state index is 0.259. The standard InChI is InChI=1S/C11H9FN2/c1-8-5-11(6-8,7-13)10-9(12)3-2-4-14-10/h2-4H,1,5-6H2. The molecule has 0 spiro atoms. The van der Waals surface area contributed by atoms with Crippen molar-refractivity contribution in [2.45, 2.75) is 18.3 Å². The number of halogens is 1. The Balaban J connectivity index is 2.45. The fourth-order valence-electron chi connectivity index (χ4n) is 1.84. The zero-order chi connectivity index (χ0) is 10.2. The summed E-state index contributed by atoms with van der Waals surface area (Å²) in [5, 5.41) is 9.03. The van der Waals surface area contributed by atoms with Crippen LogP contribution in [0.25, 0.3) is 0 Å². The largest absolute Gasteiger partial charge is 0.257 e. The Morgan fingerprint density at radius 3 is 2.79 bits per heavy atom. The predicted octanol–water partition coefficient (Wildman–Crippen LogP) is 2.33. The van der Waals surface area contributed by atoms with Gasteiger partial charge in [-0.25, -0.2) is 4.39 Å². The molecule has 0 N–H and O–H groups in total. The van der Waals surface area contributed by atoms with E-state index in [0.717, 1.165) is 5.57 Å². The Morgan fingerprint density at radius 2 is 2.29 bits per heavy atom. The smallest absolute Gasteiger partial charge is 0.146 e. The van der Waals surface area contributed by atoms with E-state index in [1.165, 1.54) is 18.3 Å². The van der Waals surface area contributed by atoms with Gasteiger partial charge in [-0.05, 0) is 25.0 Å². The van der Waals surface area contributed by atoms with Crippen LogP contribution in [0.1, 0.15) is 18.5 Å². The van der Waals surface area contributed by atoms with Gasteiger partial charge in [0, 0.05) is 6.20 Å². The molecule has 70 valence electrons. The van der Waals surface area contributed by atoms with Crippen LogP contribution in [0.3, 0.4) is 0 Å². The van der Waals surface area contributed by atoms with Crippen molar-refractivity contribution in [1.82, 2.24) is 4.98 Å². The Kier molecular flexibility index (Phi) is 1.85. The summed E-state index contributed by atoms with van der Waals surface area (Å²) in [7, 11) is 0. The lowest BCUT2D eigenvalue weighted by Crippen LogP contribution is -2.36. The minimum atomic E-state index is -0.761. The number of nitriles is 1. The molecule has 1 aliphatic carbocycles. The van der Waals surface area contributed by atoms with Crippen LogP contribution in [-0.2, 0) is 5.41 Å². The molecule has 0 radical (unpaired) electrons. The summed E-state index contributed by atoms with van der Waals surface area (Å²) in [4.78, 5) is 3.94. The lowest BCUT2D eigenvalue weighted by Gasteiger charge is -2.36. The van der Waals surface area contributed by atoms with Gasteiger partial charge in [-0.2, -0.15) is 5.26 Å². The van der Waals surface area contributed by atoms with E-state index in [4.69, 9.17) is 5.26 Å². The number of allylic oxidation sites excluding steroid dienone is 1.